The minimum absolute atomic E-state index is 0.304. The minimum atomic E-state index is -0.327. The Morgan fingerprint density at radius 2 is 1.70 bits per heavy atom. The highest BCUT2D eigenvalue weighted by atomic mass is 16.2. The van der Waals surface area contributed by atoms with E-state index in [1.54, 1.807) is 10.8 Å². The Morgan fingerprint density at radius 1 is 1.00 bits per heavy atom. The van der Waals surface area contributed by atoms with Crippen molar-refractivity contribution in [3.63, 3.8) is 0 Å². The zero-order valence-corrected chi connectivity index (χ0v) is 17.5. The van der Waals surface area contributed by atoms with Crippen LogP contribution < -0.4 is 11.2 Å². The quantitative estimate of drug-likeness (QED) is 0.493. The van der Waals surface area contributed by atoms with E-state index in [2.05, 4.69) is 51.4 Å². The summed E-state index contributed by atoms with van der Waals surface area (Å²) in [6, 6.07) is 8.32. The van der Waals surface area contributed by atoms with E-state index in [0.717, 1.165) is 23.2 Å². The fraction of sp³-hybridized carbons (Fsp3) is 0.364. The molecule has 2 N–H and O–H groups in total. The summed E-state index contributed by atoms with van der Waals surface area (Å²) >= 11 is 0. The number of rotatable bonds is 7. The summed E-state index contributed by atoms with van der Waals surface area (Å²) in [5, 5.41) is 7.24. The Morgan fingerprint density at radius 3 is 2.40 bits per heavy atom. The number of hydrogen-bond donors (Lipinski definition) is 2. The molecule has 0 aliphatic heterocycles. The molecule has 0 saturated carbocycles. The maximum atomic E-state index is 12.9. The van der Waals surface area contributed by atoms with Crippen LogP contribution in [-0.4, -0.2) is 29.3 Å². The van der Waals surface area contributed by atoms with Crippen LogP contribution in [0.1, 0.15) is 43.5 Å². The fourth-order valence-corrected chi connectivity index (χ4v) is 3.70. The average molecular weight is 406 g/mol. The molecule has 0 radical (unpaired) electrons. The van der Waals surface area contributed by atoms with Gasteiger partial charge in [0.05, 0.1) is 17.5 Å². The summed E-state index contributed by atoms with van der Waals surface area (Å²) in [6.45, 7) is 6.89. The van der Waals surface area contributed by atoms with Gasteiger partial charge in [0.2, 0.25) is 0 Å². The molecule has 3 heterocycles. The lowest BCUT2D eigenvalue weighted by atomic mass is 10.1. The Labute approximate surface area is 173 Å². The minimum Gasteiger partial charge on any atom is -0.332 e. The van der Waals surface area contributed by atoms with Gasteiger partial charge in [-0.3, -0.25) is 19.0 Å². The second-order valence-corrected chi connectivity index (χ2v) is 7.60. The largest absolute Gasteiger partial charge is 0.332 e. The first-order valence-corrected chi connectivity index (χ1v) is 10.3. The molecule has 3 aromatic heterocycles. The second-order valence-electron chi connectivity index (χ2n) is 7.60. The van der Waals surface area contributed by atoms with E-state index < -0.39 is 0 Å². The highest BCUT2D eigenvalue weighted by Gasteiger charge is 2.19. The molecule has 0 bridgehead atoms. The van der Waals surface area contributed by atoms with E-state index in [4.69, 9.17) is 0 Å². The van der Waals surface area contributed by atoms with Gasteiger partial charge < -0.3 is 4.98 Å². The molecular formula is C22H26N6O2. The summed E-state index contributed by atoms with van der Waals surface area (Å²) in [6.07, 6.45) is 3.84. The summed E-state index contributed by atoms with van der Waals surface area (Å²) in [5.41, 5.74) is 4.17. The van der Waals surface area contributed by atoms with E-state index in [-0.39, 0.29) is 11.2 Å². The van der Waals surface area contributed by atoms with E-state index in [1.165, 1.54) is 10.1 Å². The number of aryl methyl sites for hydroxylation is 2. The molecule has 0 aliphatic rings. The standard InChI is InChI=1S/C22H26N6O2/c1-4-10-27-20-18(21(29)28(11-5-2)22(27)30)24-19(25-20)16-13-23-26-17(16)12-15-8-6-14(3)7-9-15/h6-9,13H,4-5,10-12H2,1-3H3,(H,23,26)(H,24,25). The van der Waals surface area contributed by atoms with Crippen molar-refractivity contribution in [2.24, 2.45) is 0 Å². The molecule has 0 saturated heterocycles. The number of aromatic amines is 2. The number of benzene rings is 1. The fourth-order valence-electron chi connectivity index (χ4n) is 3.70. The number of aromatic nitrogens is 6. The van der Waals surface area contributed by atoms with Gasteiger partial charge >= 0.3 is 5.69 Å². The van der Waals surface area contributed by atoms with Crippen LogP contribution in [0.5, 0.6) is 0 Å². The molecular weight excluding hydrogens is 380 g/mol. The third kappa shape index (κ3) is 3.49. The highest BCUT2D eigenvalue weighted by molar-refractivity contribution is 5.76. The molecule has 156 valence electrons. The highest BCUT2D eigenvalue weighted by Crippen LogP contribution is 2.23. The average Bonchev–Trinajstić information content (AvgIpc) is 3.37. The molecule has 1 aromatic carbocycles. The predicted octanol–water partition coefficient (Wildman–Crippen LogP) is 3.00. The van der Waals surface area contributed by atoms with E-state index in [9.17, 15) is 9.59 Å². The van der Waals surface area contributed by atoms with Crippen LogP contribution in [-0.2, 0) is 19.5 Å². The smallest absolute Gasteiger partial charge is 0.332 e. The summed E-state index contributed by atoms with van der Waals surface area (Å²) in [4.78, 5) is 33.6. The Kier molecular flexibility index (Phi) is 5.39. The second kappa shape index (κ2) is 8.14. The number of imidazole rings is 1. The van der Waals surface area contributed by atoms with Crippen LogP contribution in [0.15, 0.2) is 40.1 Å². The van der Waals surface area contributed by atoms with E-state index >= 15 is 0 Å². The lowest BCUT2D eigenvalue weighted by Crippen LogP contribution is -2.40. The lowest BCUT2D eigenvalue weighted by molar-refractivity contribution is 0.555. The van der Waals surface area contributed by atoms with Crippen molar-refractivity contribution in [3.05, 3.63) is 68.1 Å². The van der Waals surface area contributed by atoms with Gasteiger partial charge in [-0.05, 0) is 25.3 Å². The maximum Gasteiger partial charge on any atom is 0.332 e. The molecule has 0 aliphatic carbocycles. The van der Waals surface area contributed by atoms with Crippen molar-refractivity contribution in [3.8, 4) is 11.4 Å². The van der Waals surface area contributed by atoms with Crippen molar-refractivity contribution >= 4 is 11.2 Å². The Hall–Kier alpha value is -3.42. The zero-order chi connectivity index (χ0) is 21.3. The summed E-state index contributed by atoms with van der Waals surface area (Å²) in [5.74, 6) is 0.538. The Bertz CT molecular complexity index is 1290. The van der Waals surface area contributed by atoms with Crippen molar-refractivity contribution in [1.82, 2.24) is 29.3 Å². The molecule has 8 heteroatoms. The van der Waals surface area contributed by atoms with Crippen LogP contribution in [0.4, 0.5) is 0 Å². The van der Waals surface area contributed by atoms with E-state index in [0.29, 0.717) is 42.9 Å². The number of nitrogens with one attached hydrogen (secondary N) is 2. The molecule has 0 spiro atoms. The molecule has 4 rings (SSSR count). The zero-order valence-electron chi connectivity index (χ0n) is 17.5. The van der Waals surface area contributed by atoms with Crippen LogP contribution >= 0.6 is 0 Å². The topological polar surface area (TPSA) is 101 Å². The van der Waals surface area contributed by atoms with Gasteiger partial charge in [-0.2, -0.15) is 5.10 Å². The molecule has 30 heavy (non-hydrogen) atoms. The van der Waals surface area contributed by atoms with Gasteiger partial charge in [-0.1, -0.05) is 43.7 Å². The van der Waals surface area contributed by atoms with Crippen LogP contribution in [0.25, 0.3) is 22.6 Å². The predicted molar refractivity (Wildman–Crippen MR) is 117 cm³/mol. The molecule has 0 unspecified atom stereocenters. The summed E-state index contributed by atoms with van der Waals surface area (Å²) < 4.78 is 2.88. The van der Waals surface area contributed by atoms with Gasteiger partial charge in [-0.25, -0.2) is 9.78 Å². The maximum absolute atomic E-state index is 12.9. The van der Waals surface area contributed by atoms with Crippen molar-refractivity contribution < 1.29 is 0 Å². The number of hydrogen-bond acceptors (Lipinski definition) is 4. The van der Waals surface area contributed by atoms with Crippen molar-refractivity contribution in [1.29, 1.82) is 0 Å². The molecule has 4 aromatic rings. The summed E-state index contributed by atoms with van der Waals surface area (Å²) in [7, 11) is 0. The monoisotopic (exact) mass is 406 g/mol. The van der Waals surface area contributed by atoms with Crippen LogP contribution in [0, 0.1) is 6.92 Å². The van der Waals surface area contributed by atoms with Gasteiger partial charge in [0.15, 0.2) is 5.65 Å². The molecule has 8 nitrogen and oxygen atoms in total. The van der Waals surface area contributed by atoms with E-state index in [1.807, 2.05) is 13.8 Å². The van der Waals surface area contributed by atoms with Crippen LogP contribution in [0.3, 0.4) is 0 Å². The van der Waals surface area contributed by atoms with Gasteiger partial charge in [-0.15, -0.1) is 0 Å². The lowest BCUT2D eigenvalue weighted by Gasteiger charge is -2.09. The van der Waals surface area contributed by atoms with Crippen molar-refractivity contribution in [2.75, 3.05) is 0 Å². The number of H-pyrrole nitrogens is 2. The van der Waals surface area contributed by atoms with Crippen molar-refractivity contribution in [2.45, 2.75) is 53.1 Å². The van der Waals surface area contributed by atoms with Gasteiger partial charge in [0.25, 0.3) is 5.56 Å². The SMILES string of the molecule is CCCn1c(=O)c2[nH]c(-c3cn[nH]c3Cc3ccc(C)cc3)nc2n(CCC)c1=O. The third-order valence-corrected chi connectivity index (χ3v) is 5.23. The number of nitrogens with zero attached hydrogens (tertiary/aromatic N) is 4. The number of fused-ring (bicyclic) bond motifs is 1. The van der Waals surface area contributed by atoms with Gasteiger partial charge in [0, 0.05) is 19.5 Å². The molecule has 0 amide bonds. The third-order valence-electron chi connectivity index (χ3n) is 5.23. The van der Waals surface area contributed by atoms with Gasteiger partial charge in [0.1, 0.15) is 11.3 Å². The first-order chi connectivity index (χ1) is 14.5. The normalized spacial score (nSPS) is 11.4. The Balaban J connectivity index is 1.83. The molecule has 0 fully saturated rings. The first kappa shape index (κ1) is 19.9. The van der Waals surface area contributed by atoms with Crippen LogP contribution in [0.2, 0.25) is 0 Å². The molecule has 0 atom stereocenters. The first-order valence-electron chi connectivity index (χ1n) is 10.3.